The van der Waals surface area contributed by atoms with E-state index in [0.717, 1.165) is 19.3 Å². The maximum absolute atomic E-state index is 14.3. The van der Waals surface area contributed by atoms with Crippen LogP contribution in [0.2, 0.25) is 0 Å². The largest absolute Gasteiger partial charge is 0.472 e. The third-order valence-corrected chi connectivity index (χ3v) is 12.3. The van der Waals surface area contributed by atoms with Gasteiger partial charge in [0.1, 0.15) is 59.8 Å². The number of hydrogen-bond acceptors (Lipinski definition) is 13. The van der Waals surface area contributed by atoms with Crippen LogP contribution >= 0.6 is 7.82 Å². The average Bonchev–Trinajstić information content (AvgIpc) is 3.60. The third kappa shape index (κ3) is 12.3. The van der Waals surface area contributed by atoms with Crippen molar-refractivity contribution in [3.63, 3.8) is 0 Å². The summed E-state index contributed by atoms with van der Waals surface area (Å²) in [4.78, 5) is 14.7. The zero-order valence-electron chi connectivity index (χ0n) is 34.1. The molecular weight excluding hydrogens is 782 g/mol. The van der Waals surface area contributed by atoms with Crippen LogP contribution in [-0.4, -0.2) is 79.5 Å². The molecule has 0 bridgehead atoms. The number of hydrogen-bond donors (Lipinski definition) is 4. The molecule has 3 aromatic rings. The number of nitriles is 2. The Labute approximate surface area is 346 Å². The van der Waals surface area contributed by atoms with Crippen molar-refractivity contribution in [2.75, 3.05) is 25.6 Å². The summed E-state index contributed by atoms with van der Waals surface area (Å²) in [7, 11) is -4.84. The number of nitrogens with zero attached hydrogens (tertiary/aromatic N) is 5. The predicted molar refractivity (Wildman–Crippen MR) is 216 cm³/mol. The molecule has 0 radical (unpaired) electrons. The van der Waals surface area contributed by atoms with E-state index in [2.05, 4.69) is 17.0 Å². The Bertz CT molecular complexity index is 1920. The van der Waals surface area contributed by atoms with Gasteiger partial charge in [-0.1, -0.05) is 109 Å². The lowest BCUT2D eigenvalue weighted by Gasteiger charge is -2.24. The molecule has 324 valence electrons. The molecule has 3 heterocycles. The summed E-state index contributed by atoms with van der Waals surface area (Å²) in [6.07, 6.45) is 15.5. The van der Waals surface area contributed by atoms with E-state index in [4.69, 9.17) is 34.3 Å². The molecule has 15 nitrogen and oxygen atoms in total. The smallest absolute Gasteiger partial charge is 0.387 e. The summed E-state index contributed by atoms with van der Waals surface area (Å²) >= 11 is 0. The van der Waals surface area contributed by atoms with Gasteiger partial charge in [0.05, 0.1) is 31.1 Å². The molecule has 1 saturated heterocycles. The minimum absolute atomic E-state index is 0.00289. The van der Waals surface area contributed by atoms with E-state index in [1.165, 1.54) is 119 Å². The monoisotopic (exact) mass is 842 g/mol. The Morgan fingerprint density at radius 2 is 1.61 bits per heavy atom. The van der Waals surface area contributed by atoms with Crippen molar-refractivity contribution >= 4 is 19.2 Å². The maximum Gasteiger partial charge on any atom is 0.472 e. The summed E-state index contributed by atoms with van der Waals surface area (Å²) in [5.41, 5.74) is 2.85. The molecule has 2 aliphatic rings. The summed E-state index contributed by atoms with van der Waals surface area (Å²) in [5.74, 6) is -0.581. The van der Waals surface area contributed by atoms with Gasteiger partial charge in [0.2, 0.25) is 5.60 Å². The van der Waals surface area contributed by atoms with Crippen LogP contribution in [0.5, 0.6) is 0 Å². The minimum Gasteiger partial charge on any atom is -0.387 e. The van der Waals surface area contributed by atoms with Crippen molar-refractivity contribution in [3.8, 4) is 12.1 Å². The molecule has 2 fully saturated rings. The zero-order valence-corrected chi connectivity index (χ0v) is 34.9. The number of aliphatic hydroxyl groups is 2. The van der Waals surface area contributed by atoms with E-state index >= 15 is 0 Å². The van der Waals surface area contributed by atoms with Crippen molar-refractivity contribution in [1.82, 2.24) is 14.6 Å². The molecule has 5 rings (SSSR count). The highest BCUT2D eigenvalue weighted by Gasteiger charge is 2.76. The van der Waals surface area contributed by atoms with Crippen molar-refractivity contribution in [1.29, 1.82) is 10.5 Å². The Kier molecular flexibility index (Phi) is 17.6. The van der Waals surface area contributed by atoms with Crippen molar-refractivity contribution < 1.29 is 47.3 Å². The van der Waals surface area contributed by atoms with Gasteiger partial charge in [-0.15, -0.1) is 0 Å². The molecular formula is C42H60FN6O9P. The standard InChI is InChI=1S/C42H60FN6O9P/c1-2-3-4-5-6-7-8-9-10-11-12-13-14-15-16-17-22-54-27-33(55-26-31-18-19-32(25-44)34(43)23-31)28-56-59(52,53)57-37-24-41(37)38(50)39(51)42(29-45,58-41)36-21-20-35-40(46)47-30-48-49(35)36/h18-21,23,30,33,37-39,50-51H,2-17,22,24,26-28H2,1H3,(H,52,53)(H2,46,47,48)/t33-,37-,38+,39-,41-,42+/m1/s1. The second-order valence-corrected chi connectivity index (χ2v) is 17.2. The second kappa shape index (κ2) is 22.3. The Balaban J connectivity index is 1.06. The average molecular weight is 843 g/mol. The fourth-order valence-electron chi connectivity index (χ4n) is 7.70. The van der Waals surface area contributed by atoms with Crippen molar-refractivity contribution in [3.05, 3.63) is 59.3 Å². The molecule has 1 unspecified atom stereocenters. The number of phosphoric acid groups is 1. The van der Waals surface area contributed by atoms with E-state index in [-0.39, 0.29) is 36.7 Å². The molecule has 59 heavy (non-hydrogen) atoms. The number of phosphoric ester groups is 1. The fourth-order valence-corrected chi connectivity index (χ4v) is 8.69. The Hall–Kier alpha value is -3.54. The van der Waals surface area contributed by atoms with Crippen LogP contribution in [0.15, 0.2) is 36.7 Å². The Morgan fingerprint density at radius 1 is 0.966 bits per heavy atom. The van der Waals surface area contributed by atoms with Gasteiger partial charge in [-0.25, -0.2) is 18.5 Å². The Morgan fingerprint density at radius 3 is 2.22 bits per heavy atom. The van der Waals surface area contributed by atoms with Crippen LogP contribution in [0.1, 0.15) is 133 Å². The molecule has 7 atom stereocenters. The lowest BCUT2D eigenvalue weighted by Crippen LogP contribution is -2.41. The fraction of sp³-hybridized carbons (Fsp3) is 0.667. The summed E-state index contributed by atoms with van der Waals surface area (Å²) < 4.78 is 57.4. The number of rotatable bonds is 28. The number of benzene rings is 1. The van der Waals surface area contributed by atoms with Gasteiger partial charge in [0.15, 0.2) is 5.82 Å². The maximum atomic E-state index is 14.3. The van der Waals surface area contributed by atoms with E-state index in [1.807, 2.05) is 6.07 Å². The molecule has 5 N–H and O–H groups in total. The van der Waals surface area contributed by atoms with Gasteiger partial charge in [-0.3, -0.25) is 9.05 Å². The van der Waals surface area contributed by atoms with E-state index in [0.29, 0.717) is 17.7 Å². The highest BCUT2D eigenvalue weighted by Crippen LogP contribution is 2.62. The number of unbranched alkanes of at least 4 members (excludes halogenated alkanes) is 15. The van der Waals surface area contributed by atoms with Crippen molar-refractivity contribution in [2.45, 2.75) is 158 Å². The molecule has 0 amide bonds. The van der Waals surface area contributed by atoms with Crippen LogP contribution in [0, 0.1) is 28.5 Å². The lowest BCUT2D eigenvalue weighted by molar-refractivity contribution is -0.0778. The van der Waals surface area contributed by atoms with Gasteiger partial charge in [-0.2, -0.15) is 15.6 Å². The van der Waals surface area contributed by atoms with Crippen LogP contribution in [0.3, 0.4) is 0 Å². The molecule has 1 aromatic carbocycles. The van der Waals surface area contributed by atoms with Crippen molar-refractivity contribution in [2.24, 2.45) is 0 Å². The van der Waals surface area contributed by atoms with E-state index < -0.39 is 55.9 Å². The highest BCUT2D eigenvalue weighted by molar-refractivity contribution is 7.47. The molecule has 1 aliphatic heterocycles. The second-order valence-electron chi connectivity index (χ2n) is 15.8. The van der Waals surface area contributed by atoms with Gasteiger partial charge in [-0.05, 0) is 36.2 Å². The molecule has 1 spiro atoms. The summed E-state index contributed by atoms with van der Waals surface area (Å²) in [6, 6.07) is 10.8. The normalized spacial score (nSPS) is 23.9. The first-order valence-electron chi connectivity index (χ1n) is 21.1. The number of nitrogens with two attached hydrogens (primary N) is 1. The summed E-state index contributed by atoms with van der Waals surface area (Å²) in [5, 5.41) is 45.7. The highest BCUT2D eigenvalue weighted by atomic mass is 31.2. The van der Waals surface area contributed by atoms with Crippen LogP contribution < -0.4 is 5.73 Å². The number of aromatic nitrogens is 3. The molecule has 2 aromatic heterocycles. The first kappa shape index (κ1) is 46.5. The first-order chi connectivity index (χ1) is 28.5. The van der Waals surface area contributed by atoms with Gasteiger partial charge in [0, 0.05) is 13.0 Å². The number of aliphatic hydroxyl groups excluding tert-OH is 2. The lowest BCUT2D eigenvalue weighted by atomic mass is 9.92. The van der Waals surface area contributed by atoms with Gasteiger partial charge in [0.25, 0.3) is 0 Å². The predicted octanol–water partition coefficient (Wildman–Crippen LogP) is 7.30. The first-order valence-corrected chi connectivity index (χ1v) is 22.6. The number of ether oxygens (including phenoxy) is 3. The third-order valence-electron chi connectivity index (χ3n) is 11.3. The quantitative estimate of drug-likeness (QED) is 0.0416. The van der Waals surface area contributed by atoms with E-state index in [1.54, 1.807) is 12.1 Å². The number of anilines is 1. The SMILES string of the molecule is CCCCCCCCCCCCCCCCCCOC[C@H](COP(=O)(O)O[C@@H]1C[C@@]12O[C@@](C#N)(c1ccc3c(N)ncnn13)[C@H](O)[C@@H]2O)OCc1ccc(C#N)c(F)c1. The van der Waals surface area contributed by atoms with Crippen LogP contribution in [0.25, 0.3) is 5.52 Å². The van der Waals surface area contributed by atoms with Crippen LogP contribution in [0.4, 0.5) is 10.2 Å². The van der Waals surface area contributed by atoms with E-state index in [9.17, 15) is 29.3 Å². The van der Waals surface area contributed by atoms with Gasteiger partial charge >= 0.3 is 7.82 Å². The van der Waals surface area contributed by atoms with Crippen LogP contribution in [-0.2, 0) is 40.0 Å². The number of fused-ring (bicyclic) bond motifs is 1. The summed E-state index contributed by atoms with van der Waals surface area (Å²) in [6.45, 7) is 2.15. The molecule has 1 aliphatic carbocycles. The zero-order chi connectivity index (χ0) is 42.3. The topological polar surface area (TPSA) is 228 Å². The minimum atomic E-state index is -4.84. The molecule has 1 saturated carbocycles. The number of nitrogen functional groups attached to an aromatic ring is 1. The number of halogens is 1. The molecule has 17 heteroatoms. The van der Waals surface area contributed by atoms with Gasteiger partial charge < -0.3 is 35.1 Å².